The third kappa shape index (κ3) is 6.29. The summed E-state index contributed by atoms with van der Waals surface area (Å²) < 4.78 is 10.9. The Morgan fingerprint density at radius 1 is 0.974 bits per heavy atom. The summed E-state index contributed by atoms with van der Waals surface area (Å²) >= 11 is 0. The van der Waals surface area contributed by atoms with E-state index < -0.39 is 0 Å². The van der Waals surface area contributed by atoms with E-state index in [-0.39, 0.29) is 5.91 Å². The fourth-order valence-corrected chi connectivity index (χ4v) is 4.77. The van der Waals surface area contributed by atoms with Crippen LogP contribution < -0.4 is 14.8 Å². The van der Waals surface area contributed by atoms with Crippen LogP contribution in [0.15, 0.2) is 67.0 Å². The number of fused-ring (bicyclic) bond motifs is 1. The first-order chi connectivity index (χ1) is 18.9. The number of benzene rings is 3. The molecule has 1 aliphatic carbocycles. The molecule has 0 saturated heterocycles. The second-order valence-corrected chi connectivity index (χ2v) is 10.2. The van der Waals surface area contributed by atoms with E-state index in [0.29, 0.717) is 25.7 Å². The van der Waals surface area contributed by atoms with Crippen molar-refractivity contribution in [2.45, 2.75) is 32.0 Å². The first-order valence-electron chi connectivity index (χ1n) is 13.2. The largest absolute Gasteiger partial charge is 0.497 e. The molecule has 0 spiro atoms. The highest BCUT2D eigenvalue weighted by Gasteiger charge is 2.32. The maximum absolute atomic E-state index is 12.9. The minimum absolute atomic E-state index is 0.181. The van der Waals surface area contributed by atoms with Gasteiger partial charge in [0.15, 0.2) is 0 Å². The van der Waals surface area contributed by atoms with Crippen LogP contribution in [0.25, 0.3) is 22.0 Å². The second-order valence-electron chi connectivity index (χ2n) is 10.2. The zero-order valence-corrected chi connectivity index (χ0v) is 23.0. The molecule has 4 aromatic rings. The second kappa shape index (κ2) is 11.7. The first kappa shape index (κ1) is 26.4. The number of amides is 1. The fourth-order valence-electron chi connectivity index (χ4n) is 4.77. The Labute approximate surface area is 229 Å². The van der Waals surface area contributed by atoms with Gasteiger partial charge in [-0.3, -0.25) is 4.79 Å². The standard InChI is InChI=1S/C31H35N5O3/c1-35(2)19-30(37)36(25-10-11-25)18-21-6-5-7-22(14-21)23-9-13-28-27(15-23)31(34-20-33-28)32-17-24-8-12-26(38-3)16-29(24)39-4/h5-9,12-16,20,25H,10-11,17-19H2,1-4H3,(H,32,33,34). The smallest absolute Gasteiger partial charge is 0.237 e. The summed E-state index contributed by atoms with van der Waals surface area (Å²) in [5.41, 5.74) is 5.15. The molecule has 0 unspecified atom stereocenters. The topological polar surface area (TPSA) is 79.8 Å². The summed E-state index contributed by atoms with van der Waals surface area (Å²) in [6, 6.07) is 20.8. The predicted molar refractivity (Wildman–Crippen MR) is 154 cm³/mol. The van der Waals surface area contributed by atoms with E-state index in [9.17, 15) is 4.79 Å². The average molecular weight is 526 g/mol. The number of rotatable bonds is 11. The number of anilines is 1. The average Bonchev–Trinajstić information content (AvgIpc) is 3.79. The molecule has 1 fully saturated rings. The van der Waals surface area contributed by atoms with Gasteiger partial charge in [0.1, 0.15) is 23.6 Å². The van der Waals surface area contributed by atoms with Crippen molar-refractivity contribution < 1.29 is 14.3 Å². The number of methoxy groups -OCH3 is 2. The molecular weight excluding hydrogens is 490 g/mol. The highest BCUT2D eigenvalue weighted by atomic mass is 16.5. The van der Waals surface area contributed by atoms with Crippen molar-refractivity contribution >= 4 is 22.6 Å². The monoisotopic (exact) mass is 525 g/mol. The lowest BCUT2D eigenvalue weighted by Gasteiger charge is -2.24. The van der Waals surface area contributed by atoms with E-state index in [1.54, 1.807) is 20.5 Å². The predicted octanol–water partition coefficient (Wildman–Crippen LogP) is 4.98. The van der Waals surface area contributed by atoms with E-state index >= 15 is 0 Å². The molecule has 0 bridgehead atoms. The molecule has 1 aromatic heterocycles. The van der Waals surface area contributed by atoms with Crippen molar-refractivity contribution in [1.29, 1.82) is 0 Å². The first-order valence-corrected chi connectivity index (χ1v) is 13.2. The van der Waals surface area contributed by atoms with Gasteiger partial charge in [-0.1, -0.05) is 24.3 Å². The molecule has 1 aliphatic rings. The maximum atomic E-state index is 12.9. The zero-order valence-electron chi connectivity index (χ0n) is 23.0. The Bertz CT molecular complexity index is 1470. The Morgan fingerprint density at radius 3 is 2.54 bits per heavy atom. The summed E-state index contributed by atoms with van der Waals surface area (Å²) in [7, 11) is 7.16. The zero-order chi connectivity index (χ0) is 27.4. The minimum atomic E-state index is 0.181. The number of nitrogens with one attached hydrogen (secondary N) is 1. The normalized spacial score (nSPS) is 12.9. The Hall–Kier alpha value is -4.17. The van der Waals surface area contributed by atoms with Gasteiger partial charge in [0.2, 0.25) is 5.91 Å². The number of hydrogen-bond acceptors (Lipinski definition) is 7. The molecule has 5 rings (SSSR count). The molecule has 8 heteroatoms. The van der Waals surface area contributed by atoms with Crippen molar-refractivity contribution in [3.8, 4) is 22.6 Å². The van der Waals surface area contributed by atoms with E-state index in [1.807, 2.05) is 48.2 Å². The third-order valence-corrected chi connectivity index (χ3v) is 6.95. The lowest BCUT2D eigenvalue weighted by Crippen LogP contribution is -2.38. The van der Waals surface area contributed by atoms with E-state index in [1.165, 1.54) is 0 Å². The van der Waals surface area contributed by atoms with Gasteiger partial charge in [0.25, 0.3) is 0 Å². The number of hydrogen-bond donors (Lipinski definition) is 1. The molecule has 0 aliphatic heterocycles. The highest BCUT2D eigenvalue weighted by Crippen LogP contribution is 2.31. The minimum Gasteiger partial charge on any atom is -0.497 e. The summed E-state index contributed by atoms with van der Waals surface area (Å²) in [5.74, 6) is 2.43. The molecule has 1 heterocycles. The third-order valence-electron chi connectivity index (χ3n) is 6.95. The molecular formula is C31H35N5O3. The van der Waals surface area contributed by atoms with Crippen LogP contribution in [0.4, 0.5) is 5.82 Å². The molecule has 39 heavy (non-hydrogen) atoms. The summed E-state index contributed by atoms with van der Waals surface area (Å²) in [6.45, 7) is 1.59. The number of aromatic nitrogens is 2. The summed E-state index contributed by atoms with van der Waals surface area (Å²) in [6.07, 6.45) is 3.75. The van der Waals surface area contributed by atoms with Crippen LogP contribution in [0.5, 0.6) is 11.5 Å². The molecule has 1 amide bonds. The van der Waals surface area contributed by atoms with Gasteiger partial charge < -0.3 is 24.6 Å². The SMILES string of the molecule is COc1ccc(CNc2ncnc3ccc(-c4cccc(CN(C(=O)CN(C)C)C5CC5)c4)cc23)c(OC)c1. The number of carbonyl (C=O) groups excluding carboxylic acids is 1. The number of likely N-dealkylation sites (N-methyl/N-ethyl adjacent to an activating group) is 1. The van der Waals surface area contributed by atoms with Gasteiger partial charge in [-0.05, 0) is 74.0 Å². The molecule has 1 saturated carbocycles. The van der Waals surface area contributed by atoms with Crippen LogP contribution in [0.1, 0.15) is 24.0 Å². The van der Waals surface area contributed by atoms with Crippen molar-refractivity contribution in [1.82, 2.24) is 19.8 Å². The van der Waals surface area contributed by atoms with E-state index in [2.05, 4.69) is 51.7 Å². The Kier molecular flexibility index (Phi) is 7.93. The number of carbonyl (C=O) groups is 1. The van der Waals surface area contributed by atoms with Crippen LogP contribution in [0.2, 0.25) is 0 Å². The molecule has 1 N–H and O–H groups in total. The van der Waals surface area contributed by atoms with Gasteiger partial charge in [-0.25, -0.2) is 9.97 Å². The molecule has 0 radical (unpaired) electrons. The fraction of sp³-hybridized carbons (Fsp3) is 0.323. The number of nitrogens with zero attached hydrogens (tertiary/aromatic N) is 4. The van der Waals surface area contributed by atoms with Crippen molar-refractivity contribution in [3.05, 3.63) is 78.1 Å². The van der Waals surface area contributed by atoms with Gasteiger partial charge in [0, 0.05) is 36.1 Å². The molecule has 8 nitrogen and oxygen atoms in total. The Balaban J connectivity index is 1.38. The molecule has 0 atom stereocenters. The van der Waals surface area contributed by atoms with Gasteiger partial charge in [-0.2, -0.15) is 0 Å². The van der Waals surface area contributed by atoms with Gasteiger partial charge in [-0.15, -0.1) is 0 Å². The van der Waals surface area contributed by atoms with E-state index in [4.69, 9.17) is 9.47 Å². The van der Waals surface area contributed by atoms with Crippen LogP contribution in [0.3, 0.4) is 0 Å². The quantitative estimate of drug-likeness (QED) is 0.296. The van der Waals surface area contributed by atoms with Crippen LogP contribution >= 0.6 is 0 Å². The van der Waals surface area contributed by atoms with Crippen LogP contribution in [0, 0.1) is 0 Å². The van der Waals surface area contributed by atoms with Crippen molar-refractivity contribution in [3.63, 3.8) is 0 Å². The summed E-state index contributed by atoms with van der Waals surface area (Å²) in [5, 5.41) is 4.40. The highest BCUT2D eigenvalue weighted by molar-refractivity contribution is 5.92. The van der Waals surface area contributed by atoms with Crippen molar-refractivity contribution in [2.75, 3.05) is 40.2 Å². The Morgan fingerprint density at radius 2 is 1.79 bits per heavy atom. The maximum Gasteiger partial charge on any atom is 0.237 e. The molecule has 202 valence electrons. The molecule has 3 aromatic carbocycles. The van der Waals surface area contributed by atoms with Crippen molar-refractivity contribution in [2.24, 2.45) is 0 Å². The van der Waals surface area contributed by atoms with Crippen LogP contribution in [-0.2, 0) is 17.9 Å². The van der Waals surface area contributed by atoms with Gasteiger partial charge >= 0.3 is 0 Å². The van der Waals surface area contributed by atoms with Gasteiger partial charge in [0.05, 0.1) is 26.3 Å². The lowest BCUT2D eigenvalue weighted by atomic mass is 10.0. The number of ether oxygens (including phenoxy) is 2. The van der Waals surface area contributed by atoms with E-state index in [0.717, 1.165) is 63.3 Å². The lowest BCUT2D eigenvalue weighted by molar-refractivity contribution is -0.133. The summed E-state index contributed by atoms with van der Waals surface area (Å²) in [4.78, 5) is 25.8. The van der Waals surface area contributed by atoms with Crippen LogP contribution in [-0.4, -0.2) is 66.6 Å².